The molecule has 2 N–H and O–H groups in total. The summed E-state index contributed by atoms with van der Waals surface area (Å²) >= 11 is 0.448. The molecule has 0 spiro atoms. The number of amides is 1. The van der Waals surface area contributed by atoms with Gasteiger partial charge < -0.3 is 10.3 Å². The van der Waals surface area contributed by atoms with E-state index in [1.54, 1.807) is 36.4 Å². The fourth-order valence-corrected chi connectivity index (χ4v) is 2.93. The molecule has 5 nitrogen and oxygen atoms in total. The third-order valence-electron chi connectivity index (χ3n) is 3.61. The van der Waals surface area contributed by atoms with Gasteiger partial charge in [-0.2, -0.15) is 8.78 Å². The molecule has 3 aromatic rings. The van der Waals surface area contributed by atoms with Crippen molar-refractivity contribution in [1.29, 1.82) is 0 Å². The topological polar surface area (TPSA) is 74.8 Å². The van der Waals surface area contributed by atoms with Crippen molar-refractivity contribution >= 4 is 34.3 Å². The number of nitrogens with one attached hydrogen (secondary N) is 2. The predicted octanol–water partition coefficient (Wildman–Crippen LogP) is 3.81. The average Bonchev–Trinajstić information content (AvgIpc) is 2.61. The fraction of sp³-hybridized carbons (Fsp3) is 0.167. The third kappa shape index (κ3) is 4.66. The number of aryl methyl sites for hydroxylation is 1. The molecule has 0 saturated heterocycles. The minimum absolute atomic E-state index is 0.134. The van der Waals surface area contributed by atoms with E-state index in [1.165, 1.54) is 12.1 Å². The highest BCUT2D eigenvalue weighted by Gasteiger charge is 2.08. The molecule has 0 aliphatic heterocycles. The number of hydrogen-bond acceptors (Lipinski definition) is 4. The first-order valence-electron chi connectivity index (χ1n) is 7.84. The molecular formula is C18H15F2N3O2S. The lowest BCUT2D eigenvalue weighted by molar-refractivity contribution is -0.116. The van der Waals surface area contributed by atoms with Crippen LogP contribution in [0.15, 0.2) is 58.2 Å². The zero-order chi connectivity index (χ0) is 18.5. The van der Waals surface area contributed by atoms with Crippen LogP contribution in [0.3, 0.4) is 0 Å². The van der Waals surface area contributed by atoms with Crippen molar-refractivity contribution in [3.05, 3.63) is 64.7 Å². The summed E-state index contributed by atoms with van der Waals surface area (Å²) in [6.07, 6.45) is 0.417. The maximum Gasteiger partial charge on any atom is 0.288 e. The monoisotopic (exact) mass is 375 g/mol. The smallest absolute Gasteiger partial charge is 0.288 e. The standard InChI is InChI=1S/C18H15F2N3O2S/c19-18(20)26-12-7-5-11(6-8-12)21-16(24)10-9-15-22-14-4-2-1-3-13(14)17(25)23-15/h1-8,18H,9-10H2,(H,21,24)(H,22,23,25). The molecule has 3 rings (SSSR count). The van der Waals surface area contributed by atoms with Crippen LogP contribution in [0.2, 0.25) is 0 Å². The summed E-state index contributed by atoms with van der Waals surface area (Å²) in [5, 5.41) is 3.19. The van der Waals surface area contributed by atoms with E-state index >= 15 is 0 Å². The number of benzene rings is 2. The molecule has 0 unspecified atom stereocenters. The number of hydrogen-bond donors (Lipinski definition) is 2. The Morgan fingerprint density at radius 1 is 1.15 bits per heavy atom. The zero-order valence-electron chi connectivity index (χ0n) is 13.5. The molecule has 1 aromatic heterocycles. The molecule has 1 amide bonds. The largest absolute Gasteiger partial charge is 0.326 e. The number of nitrogens with zero attached hydrogens (tertiary/aromatic N) is 1. The van der Waals surface area contributed by atoms with E-state index < -0.39 is 5.76 Å². The van der Waals surface area contributed by atoms with Gasteiger partial charge in [0.15, 0.2) is 0 Å². The number of aromatic amines is 1. The molecule has 0 radical (unpaired) electrons. The number of fused-ring (bicyclic) bond motifs is 1. The Bertz CT molecular complexity index is 974. The lowest BCUT2D eigenvalue weighted by Gasteiger charge is -2.07. The van der Waals surface area contributed by atoms with Gasteiger partial charge in [-0.25, -0.2) is 4.98 Å². The molecule has 134 valence electrons. The van der Waals surface area contributed by atoms with E-state index in [0.717, 1.165) is 0 Å². The van der Waals surface area contributed by atoms with Crippen molar-refractivity contribution in [3.63, 3.8) is 0 Å². The quantitative estimate of drug-likeness (QED) is 0.643. The van der Waals surface area contributed by atoms with Gasteiger partial charge in [0, 0.05) is 23.4 Å². The first kappa shape index (κ1) is 18.1. The van der Waals surface area contributed by atoms with E-state index in [0.29, 0.717) is 39.1 Å². The molecule has 0 atom stereocenters. The Hall–Kier alpha value is -2.74. The van der Waals surface area contributed by atoms with Crippen LogP contribution in [0.1, 0.15) is 12.2 Å². The Morgan fingerprint density at radius 2 is 1.88 bits per heavy atom. The van der Waals surface area contributed by atoms with E-state index in [1.807, 2.05) is 0 Å². The zero-order valence-corrected chi connectivity index (χ0v) is 14.4. The molecule has 0 aliphatic rings. The van der Waals surface area contributed by atoms with Crippen LogP contribution in [0.25, 0.3) is 10.9 Å². The maximum atomic E-state index is 12.3. The summed E-state index contributed by atoms with van der Waals surface area (Å²) in [7, 11) is 0. The van der Waals surface area contributed by atoms with Gasteiger partial charge in [0.25, 0.3) is 11.3 Å². The van der Waals surface area contributed by atoms with Gasteiger partial charge in [0.2, 0.25) is 5.91 Å². The highest BCUT2D eigenvalue weighted by Crippen LogP contribution is 2.26. The summed E-state index contributed by atoms with van der Waals surface area (Å²) in [6.45, 7) is 0. The van der Waals surface area contributed by atoms with E-state index in [2.05, 4.69) is 15.3 Å². The predicted molar refractivity (Wildman–Crippen MR) is 97.6 cm³/mol. The second kappa shape index (κ2) is 8.09. The van der Waals surface area contributed by atoms with Crippen LogP contribution in [0.4, 0.5) is 14.5 Å². The van der Waals surface area contributed by atoms with Crippen LogP contribution in [-0.2, 0) is 11.2 Å². The number of H-pyrrole nitrogens is 1. The third-order valence-corrected chi connectivity index (χ3v) is 4.34. The molecule has 8 heteroatoms. The molecule has 0 fully saturated rings. The second-order valence-corrected chi connectivity index (χ2v) is 6.54. The van der Waals surface area contributed by atoms with Gasteiger partial charge in [-0.15, -0.1) is 0 Å². The Balaban J connectivity index is 1.59. The summed E-state index contributed by atoms with van der Waals surface area (Å²) < 4.78 is 24.6. The van der Waals surface area contributed by atoms with Gasteiger partial charge in [-0.1, -0.05) is 23.9 Å². The summed E-state index contributed by atoms with van der Waals surface area (Å²) in [5.41, 5.74) is 0.866. The fourth-order valence-electron chi connectivity index (χ4n) is 2.43. The van der Waals surface area contributed by atoms with Crippen LogP contribution in [0.5, 0.6) is 0 Å². The Morgan fingerprint density at radius 3 is 2.62 bits per heavy atom. The van der Waals surface area contributed by atoms with Gasteiger partial charge in [0.05, 0.1) is 10.9 Å². The molecule has 26 heavy (non-hydrogen) atoms. The average molecular weight is 375 g/mol. The van der Waals surface area contributed by atoms with E-state index in [9.17, 15) is 18.4 Å². The van der Waals surface area contributed by atoms with Crippen molar-refractivity contribution in [2.24, 2.45) is 0 Å². The van der Waals surface area contributed by atoms with E-state index in [4.69, 9.17) is 0 Å². The number of thioether (sulfide) groups is 1. The van der Waals surface area contributed by atoms with Crippen molar-refractivity contribution in [2.45, 2.75) is 23.5 Å². The van der Waals surface area contributed by atoms with Crippen molar-refractivity contribution in [1.82, 2.24) is 9.97 Å². The lowest BCUT2D eigenvalue weighted by Crippen LogP contribution is -2.16. The molecule has 0 bridgehead atoms. The minimum atomic E-state index is -2.48. The molecule has 1 heterocycles. The summed E-state index contributed by atoms with van der Waals surface area (Å²) in [6, 6.07) is 13.2. The number of alkyl halides is 2. The normalized spacial score (nSPS) is 11.0. The van der Waals surface area contributed by atoms with Crippen LogP contribution in [-0.4, -0.2) is 21.6 Å². The lowest BCUT2D eigenvalue weighted by atomic mass is 10.2. The SMILES string of the molecule is O=C(CCc1nc2ccccc2c(=O)[nH]1)Nc1ccc(SC(F)F)cc1. The highest BCUT2D eigenvalue weighted by atomic mass is 32.2. The molecular weight excluding hydrogens is 360 g/mol. The van der Waals surface area contributed by atoms with Crippen LogP contribution >= 0.6 is 11.8 Å². The number of aromatic nitrogens is 2. The van der Waals surface area contributed by atoms with Gasteiger partial charge in [0.1, 0.15) is 5.82 Å². The summed E-state index contributed by atoms with van der Waals surface area (Å²) in [5.74, 6) is -2.30. The summed E-state index contributed by atoms with van der Waals surface area (Å²) in [4.78, 5) is 31.5. The number of halogens is 2. The minimum Gasteiger partial charge on any atom is -0.326 e. The van der Waals surface area contributed by atoms with Gasteiger partial charge in [-0.3, -0.25) is 9.59 Å². The Kier molecular flexibility index (Phi) is 5.62. The van der Waals surface area contributed by atoms with Crippen molar-refractivity contribution < 1.29 is 13.6 Å². The number of para-hydroxylation sites is 1. The highest BCUT2D eigenvalue weighted by molar-refractivity contribution is 7.99. The van der Waals surface area contributed by atoms with Crippen LogP contribution in [0, 0.1) is 0 Å². The molecule has 2 aromatic carbocycles. The van der Waals surface area contributed by atoms with Gasteiger partial charge in [-0.05, 0) is 36.4 Å². The van der Waals surface area contributed by atoms with Crippen molar-refractivity contribution in [2.75, 3.05) is 5.32 Å². The van der Waals surface area contributed by atoms with Gasteiger partial charge >= 0.3 is 0 Å². The first-order valence-corrected chi connectivity index (χ1v) is 8.72. The number of carbonyl (C=O) groups is 1. The van der Waals surface area contributed by atoms with Crippen LogP contribution < -0.4 is 10.9 Å². The second-order valence-electron chi connectivity index (χ2n) is 5.48. The first-order chi connectivity index (χ1) is 12.5. The molecule has 0 saturated carbocycles. The Labute approximate surface area is 151 Å². The number of anilines is 1. The maximum absolute atomic E-state index is 12.3. The molecule has 0 aliphatic carbocycles. The number of rotatable bonds is 6. The van der Waals surface area contributed by atoms with Crippen molar-refractivity contribution in [3.8, 4) is 0 Å². The van der Waals surface area contributed by atoms with E-state index in [-0.39, 0.29) is 24.3 Å². The number of carbonyl (C=O) groups excluding carboxylic acids is 1.